The molecule has 12 heavy (non-hydrogen) atoms. The highest BCUT2D eigenvalue weighted by molar-refractivity contribution is 5.97. The van der Waals surface area contributed by atoms with Crippen molar-refractivity contribution in [2.75, 3.05) is 0 Å². The molecule has 0 saturated carbocycles. The maximum absolute atomic E-state index is 11.0. The highest BCUT2D eigenvalue weighted by Crippen LogP contribution is 2.00. The van der Waals surface area contributed by atoms with Gasteiger partial charge in [0.15, 0.2) is 0 Å². The van der Waals surface area contributed by atoms with E-state index in [9.17, 15) is 4.79 Å². The summed E-state index contributed by atoms with van der Waals surface area (Å²) in [5, 5.41) is 19.1. The van der Waals surface area contributed by atoms with Gasteiger partial charge in [0.25, 0.3) is 5.91 Å². The smallest absolute Gasteiger partial charge is 0.262 e. The standard InChI is InChI=1S/C8H9N3O/c1-6(4-9)7(12)11-8(2,3)5-10/h1H2,2-3H3,(H,11,12). The molecule has 4 nitrogen and oxygen atoms in total. The Morgan fingerprint density at radius 1 is 1.50 bits per heavy atom. The minimum Gasteiger partial charge on any atom is -0.334 e. The normalized spacial score (nSPS) is 9.33. The van der Waals surface area contributed by atoms with Gasteiger partial charge in [-0.2, -0.15) is 10.5 Å². The summed E-state index contributed by atoms with van der Waals surface area (Å²) in [6, 6.07) is 3.46. The maximum Gasteiger partial charge on any atom is 0.262 e. The number of nitriles is 2. The molecule has 0 unspecified atom stereocenters. The molecule has 0 aliphatic carbocycles. The molecule has 0 radical (unpaired) electrons. The van der Waals surface area contributed by atoms with E-state index in [4.69, 9.17) is 10.5 Å². The Morgan fingerprint density at radius 3 is 2.33 bits per heavy atom. The quantitative estimate of drug-likeness (QED) is 0.475. The summed E-state index contributed by atoms with van der Waals surface area (Å²) in [5.74, 6) is -0.607. The van der Waals surface area contributed by atoms with E-state index in [1.807, 2.05) is 6.07 Å². The number of hydrogen-bond acceptors (Lipinski definition) is 3. The third-order valence-corrected chi connectivity index (χ3v) is 1.11. The summed E-state index contributed by atoms with van der Waals surface area (Å²) in [5.41, 5.74) is -1.16. The van der Waals surface area contributed by atoms with Crippen molar-refractivity contribution < 1.29 is 4.79 Å². The van der Waals surface area contributed by atoms with Gasteiger partial charge in [0.2, 0.25) is 0 Å². The first kappa shape index (κ1) is 10.2. The van der Waals surface area contributed by atoms with Gasteiger partial charge in [-0.3, -0.25) is 4.79 Å². The van der Waals surface area contributed by atoms with Crippen LogP contribution in [0.3, 0.4) is 0 Å². The highest BCUT2D eigenvalue weighted by Gasteiger charge is 2.20. The van der Waals surface area contributed by atoms with Gasteiger partial charge in [0.05, 0.1) is 6.07 Å². The summed E-state index contributed by atoms with van der Waals surface area (Å²) in [7, 11) is 0. The number of amides is 1. The summed E-state index contributed by atoms with van der Waals surface area (Å²) >= 11 is 0. The molecule has 0 aliphatic rings. The van der Waals surface area contributed by atoms with Crippen molar-refractivity contribution in [3.8, 4) is 12.1 Å². The monoisotopic (exact) mass is 163 g/mol. The molecule has 0 heterocycles. The van der Waals surface area contributed by atoms with Crippen molar-refractivity contribution in [3.63, 3.8) is 0 Å². The lowest BCUT2D eigenvalue weighted by molar-refractivity contribution is -0.118. The first-order valence-electron chi connectivity index (χ1n) is 3.25. The predicted molar refractivity (Wildman–Crippen MR) is 42.6 cm³/mol. The van der Waals surface area contributed by atoms with Crippen LogP contribution in [0.25, 0.3) is 0 Å². The summed E-state index contributed by atoms with van der Waals surface area (Å²) < 4.78 is 0. The molecule has 0 spiro atoms. The lowest BCUT2D eigenvalue weighted by atomic mass is 10.1. The molecule has 0 aromatic carbocycles. The number of carbonyl (C=O) groups excluding carboxylic acids is 1. The van der Waals surface area contributed by atoms with Crippen LogP contribution in [0.2, 0.25) is 0 Å². The van der Waals surface area contributed by atoms with Gasteiger partial charge < -0.3 is 5.32 Å². The SMILES string of the molecule is C=C(C#N)C(=O)NC(C)(C)C#N. The van der Waals surface area contributed by atoms with Gasteiger partial charge in [0, 0.05) is 0 Å². The van der Waals surface area contributed by atoms with Crippen LogP contribution in [-0.4, -0.2) is 11.4 Å². The van der Waals surface area contributed by atoms with Crippen LogP contribution in [0.1, 0.15) is 13.8 Å². The second-order valence-electron chi connectivity index (χ2n) is 2.78. The Balaban J connectivity index is 4.34. The molecule has 0 aliphatic heterocycles. The highest BCUT2D eigenvalue weighted by atomic mass is 16.1. The predicted octanol–water partition coefficient (Wildman–Crippen LogP) is 0.485. The fourth-order valence-electron chi connectivity index (χ4n) is 0.438. The molecule has 0 rings (SSSR count). The lowest BCUT2D eigenvalue weighted by Crippen LogP contribution is -2.42. The van der Waals surface area contributed by atoms with Gasteiger partial charge in [-0.1, -0.05) is 6.58 Å². The number of nitrogens with one attached hydrogen (secondary N) is 1. The maximum atomic E-state index is 11.0. The van der Waals surface area contributed by atoms with Gasteiger partial charge in [-0.05, 0) is 13.8 Å². The van der Waals surface area contributed by atoms with Crippen LogP contribution in [0, 0.1) is 22.7 Å². The van der Waals surface area contributed by atoms with Crippen LogP contribution in [0.4, 0.5) is 0 Å². The van der Waals surface area contributed by atoms with E-state index in [1.165, 1.54) is 13.8 Å². The third-order valence-electron chi connectivity index (χ3n) is 1.11. The fourth-order valence-corrected chi connectivity index (χ4v) is 0.438. The first-order chi connectivity index (χ1) is 5.43. The van der Waals surface area contributed by atoms with Crippen molar-refractivity contribution in [1.82, 2.24) is 5.32 Å². The van der Waals surface area contributed by atoms with Crippen LogP contribution in [0.5, 0.6) is 0 Å². The zero-order chi connectivity index (χ0) is 9.78. The molecule has 0 aromatic heterocycles. The van der Waals surface area contributed by atoms with E-state index in [1.54, 1.807) is 6.07 Å². The molecule has 0 saturated heterocycles. The van der Waals surface area contributed by atoms with Gasteiger partial charge in [0.1, 0.15) is 17.2 Å². The molecular weight excluding hydrogens is 154 g/mol. The van der Waals surface area contributed by atoms with Crippen LogP contribution in [0.15, 0.2) is 12.2 Å². The Labute approximate surface area is 71.1 Å². The van der Waals surface area contributed by atoms with Crippen molar-refractivity contribution in [2.45, 2.75) is 19.4 Å². The second kappa shape index (κ2) is 3.54. The average molecular weight is 163 g/mol. The number of rotatable bonds is 2. The van der Waals surface area contributed by atoms with Crippen LogP contribution >= 0.6 is 0 Å². The molecule has 4 heteroatoms. The minimum absolute atomic E-state index is 0.196. The molecule has 1 amide bonds. The van der Waals surface area contributed by atoms with E-state index < -0.39 is 11.4 Å². The van der Waals surface area contributed by atoms with Crippen LogP contribution in [-0.2, 0) is 4.79 Å². The largest absolute Gasteiger partial charge is 0.334 e. The van der Waals surface area contributed by atoms with Gasteiger partial charge >= 0.3 is 0 Å². The first-order valence-corrected chi connectivity index (χ1v) is 3.25. The van der Waals surface area contributed by atoms with Gasteiger partial charge in [-0.15, -0.1) is 0 Å². The number of hydrogen-bond donors (Lipinski definition) is 1. The number of carbonyl (C=O) groups is 1. The third kappa shape index (κ3) is 2.85. The van der Waals surface area contributed by atoms with E-state index >= 15 is 0 Å². The molecule has 1 N–H and O–H groups in total. The molecular formula is C8H9N3O. The second-order valence-corrected chi connectivity index (χ2v) is 2.78. The molecule has 0 aromatic rings. The Morgan fingerprint density at radius 2 is 2.00 bits per heavy atom. The zero-order valence-corrected chi connectivity index (χ0v) is 7.01. The summed E-state index contributed by atoms with van der Waals surface area (Å²) in [6.07, 6.45) is 0. The van der Waals surface area contributed by atoms with Gasteiger partial charge in [-0.25, -0.2) is 0 Å². The number of nitrogens with zero attached hydrogens (tertiary/aromatic N) is 2. The summed E-state index contributed by atoms with van der Waals surface area (Å²) in [6.45, 7) is 6.28. The molecule has 62 valence electrons. The van der Waals surface area contributed by atoms with Crippen molar-refractivity contribution in [2.24, 2.45) is 0 Å². The van der Waals surface area contributed by atoms with Crippen molar-refractivity contribution in [3.05, 3.63) is 12.2 Å². The van der Waals surface area contributed by atoms with E-state index in [0.717, 1.165) is 0 Å². The van der Waals surface area contributed by atoms with E-state index in [-0.39, 0.29) is 5.57 Å². The lowest BCUT2D eigenvalue weighted by Gasteiger charge is -2.16. The zero-order valence-electron chi connectivity index (χ0n) is 7.01. The summed E-state index contributed by atoms with van der Waals surface area (Å²) in [4.78, 5) is 11.0. The van der Waals surface area contributed by atoms with Crippen LogP contribution < -0.4 is 5.32 Å². The van der Waals surface area contributed by atoms with Crippen molar-refractivity contribution >= 4 is 5.91 Å². The minimum atomic E-state index is -0.961. The Bertz CT molecular complexity index is 290. The van der Waals surface area contributed by atoms with E-state index in [2.05, 4.69) is 11.9 Å². The topological polar surface area (TPSA) is 76.7 Å². The molecule has 0 atom stereocenters. The molecule has 0 fully saturated rings. The average Bonchev–Trinajstić information content (AvgIpc) is 2.02. The Kier molecular flexibility index (Phi) is 3.01. The van der Waals surface area contributed by atoms with Crippen molar-refractivity contribution in [1.29, 1.82) is 10.5 Å². The Hall–Kier alpha value is -1.81. The fraction of sp³-hybridized carbons (Fsp3) is 0.375. The molecule has 0 bridgehead atoms. The van der Waals surface area contributed by atoms with E-state index in [0.29, 0.717) is 0 Å².